The van der Waals surface area contributed by atoms with E-state index in [2.05, 4.69) is 5.10 Å². The highest BCUT2D eigenvalue weighted by atomic mass is 16.6. The Morgan fingerprint density at radius 3 is 2.41 bits per heavy atom. The highest BCUT2D eigenvalue weighted by Gasteiger charge is 2.28. The zero-order valence-corrected chi connectivity index (χ0v) is 13.0. The van der Waals surface area contributed by atoms with E-state index in [0.29, 0.717) is 11.4 Å². The third kappa shape index (κ3) is 2.69. The SMILES string of the molecule is Cc1nn(C(C)C(=O)N(C)c2ccccc2)c(C)c1[N+](=O)[O-]. The molecular weight excluding hydrogens is 284 g/mol. The minimum absolute atomic E-state index is 0.0398. The summed E-state index contributed by atoms with van der Waals surface area (Å²) in [5.41, 5.74) is 1.41. The fraction of sp³-hybridized carbons (Fsp3) is 0.333. The van der Waals surface area contributed by atoms with Crippen LogP contribution < -0.4 is 4.90 Å². The molecule has 0 radical (unpaired) electrons. The molecule has 0 aliphatic heterocycles. The van der Waals surface area contributed by atoms with E-state index in [-0.39, 0.29) is 11.6 Å². The predicted octanol–water partition coefficient (Wildman–Crippen LogP) is 2.63. The van der Waals surface area contributed by atoms with Gasteiger partial charge in [0.1, 0.15) is 17.4 Å². The number of aryl methyl sites for hydroxylation is 1. The van der Waals surface area contributed by atoms with E-state index in [4.69, 9.17) is 0 Å². The Hall–Kier alpha value is -2.70. The Bertz CT molecular complexity index is 709. The molecule has 0 saturated heterocycles. The molecule has 0 spiro atoms. The number of nitro groups is 1. The molecule has 1 heterocycles. The van der Waals surface area contributed by atoms with Gasteiger partial charge < -0.3 is 4.90 Å². The number of para-hydroxylation sites is 1. The van der Waals surface area contributed by atoms with Gasteiger partial charge in [0.2, 0.25) is 0 Å². The molecule has 1 unspecified atom stereocenters. The molecule has 1 aromatic carbocycles. The van der Waals surface area contributed by atoms with E-state index < -0.39 is 11.0 Å². The molecule has 0 aliphatic rings. The van der Waals surface area contributed by atoms with Gasteiger partial charge >= 0.3 is 5.69 Å². The molecule has 0 bridgehead atoms. The van der Waals surface area contributed by atoms with E-state index in [1.165, 1.54) is 9.58 Å². The van der Waals surface area contributed by atoms with E-state index in [9.17, 15) is 14.9 Å². The van der Waals surface area contributed by atoms with Gasteiger partial charge in [-0.15, -0.1) is 0 Å². The van der Waals surface area contributed by atoms with Crippen molar-refractivity contribution < 1.29 is 9.72 Å². The monoisotopic (exact) mass is 302 g/mol. The molecule has 0 aliphatic carbocycles. The van der Waals surface area contributed by atoms with Gasteiger partial charge in [0.05, 0.1) is 4.92 Å². The highest BCUT2D eigenvalue weighted by Crippen LogP contribution is 2.26. The number of carbonyl (C=O) groups excluding carboxylic acids is 1. The van der Waals surface area contributed by atoms with E-state index in [1.54, 1.807) is 27.8 Å². The number of aromatic nitrogens is 2. The Labute approximate surface area is 128 Å². The lowest BCUT2D eigenvalue weighted by Gasteiger charge is -2.22. The molecule has 7 nitrogen and oxygen atoms in total. The van der Waals surface area contributed by atoms with Crippen LogP contribution >= 0.6 is 0 Å². The minimum Gasteiger partial charge on any atom is -0.314 e. The molecule has 1 amide bonds. The molecule has 0 fully saturated rings. The largest absolute Gasteiger partial charge is 0.314 e. The molecule has 2 rings (SSSR count). The molecular formula is C15H18N4O3. The van der Waals surface area contributed by atoms with Crippen LogP contribution in [-0.2, 0) is 4.79 Å². The van der Waals surface area contributed by atoms with Crippen molar-refractivity contribution in [2.24, 2.45) is 0 Å². The number of carbonyl (C=O) groups is 1. The Kier molecular flexibility index (Phi) is 4.25. The first-order chi connectivity index (χ1) is 10.3. The van der Waals surface area contributed by atoms with Crippen LogP contribution in [0.25, 0.3) is 0 Å². The van der Waals surface area contributed by atoms with Crippen LogP contribution in [0.4, 0.5) is 11.4 Å². The molecule has 7 heteroatoms. The standard InChI is InChI=1S/C15H18N4O3/c1-10-14(19(21)22)11(2)18(16-10)12(3)15(20)17(4)13-8-6-5-7-9-13/h5-9,12H,1-4H3. The van der Waals surface area contributed by atoms with Gasteiger partial charge in [-0.25, -0.2) is 0 Å². The minimum atomic E-state index is -0.627. The van der Waals surface area contributed by atoms with Gasteiger partial charge in [-0.2, -0.15) is 5.10 Å². The lowest BCUT2D eigenvalue weighted by atomic mass is 10.2. The zero-order chi connectivity index (χ0) is 16.4. The predicted molar refractivity (Wildman–Crippen MR) is 82.9 cm³/mol. The highest BCUT2D eigenvalue weighted by molar-refractivity contribution is 5.95. The third-order valence-electron chi connectivity index (χ3n) is 3.67. The first-order valence-corrected chi connectivity index (χ1v) is 6.87. The van der Waals surface area contributed by atoms with Gasteiger partial charge in [-0.1, -0.05) is 18.2 Å². The van der Waals surface area contributed by atoms with Crippen LogP contribution in [0.2, 0.25) is 0 Å². The van der Waals surface area contributed by atoms with Crippen LogP contribution in [0.5, 0.6) is 0 Å². The number of benzene rings is 1. The summed E-state index contributed by atoms with van der Waals surface area (Å²) in [4.78, 5) is 24.7. The van der Waals surface area contributed by atoms with Gasteiger partial charge in [-0.05, 0) is 32.9 Å². The van der Waals surface area contributed by atoms with Crippen LogP contribution in [0, 0.1) is 24.0 Å². The molecule has 1 atom stereocenters. The van der Waals surface area contributed by atoms with Crippen molar-refractivity contribution in [3.8, 4) is 0 Å². The first kappa shape index (κ1) is 15.7. The quantitative estimate of drug-likeness (QED) is 0.642. The van der Waals surface area contributed by atoms with E-state index in [1.807, 2.05) is 30.3 Å². The Morgan fingerprint density at radius 2 is 1.91 bits per heavy atom. The second kappa shape index (κ2) is 5.97. The number of amides is 1. The maximum absolute atomic E-state index is 12.6. The van der Waals surface area contributed by atoms with Crippen molar-refractivity contribution in [2.45, 2.75) is 26.8 Å². The number of hydrogen-bond acceptors (Lipinski definition) is 4. The van der Waals surface area contributed by atoms with Crippen LogP contribution in [0.15, 0.2) is 30.3 Å². The number of likely N-dealkylation sites (N-methyl/N-ethyl adjacent to an activating group) is 1. The Morgan fingerprint density at radius 1 is 1.32 bits per heavy atom. The average Bonchev–Trinajstić information content (AvgIpc) is 2.80. The lowest BCUT2D eigenvalue weighted by molar-refractivity contribution is -0.386. The van der Waals surface area contributed by atoms with Crippen LogP contribution in [0.3, 0.4) is 0 Å². The maximum Gasteiger partial charge on any atom is 0.312 e. The van der Waals surface area contributed by atoms with Crippen molar-refractivity contribution >= 4 is 17.3 Å². The normalized spacial score (nSPS) is 12.0. The van der Waals surface area contributed by atoms with Gasteiger partial charge in [0.15, 0.2) is 0 Å². The maximum atomic E-state index is 12.6. The summed E-state index contributed by atoms with van der Waals surface area (Å²) in [6.45, 7) is 4.86. The van der Waals surface area contributed by atoms with Crippen molar-refractivity contribution in [1.82, 2.24) is 9.78 Å². The number of rotatable bonds is 4. The lowest BCUT2D eigenvalue weighted by Crippen LogP contribution is -2.33. The fourth-order valence-corrected chi connectivity index (χ4v) is 2.46. The van der Waals surface area contributed by atoms with E-state index >= 15 is 0 Å². The van der Waals surface area contributed by atoms with Crippen molar-refractivity contribution in [3.05, 3.63) is 51.8 Å². The summed E-state index contributed by atoms with van der Waals surface area (Å²) in [6.07, 6.45) is 0. The summed E-state index contributed by atoms with van der Waals surface area (Å²) in [6, 6.07) is 8.59. The molecule has 22 heavy (non-hydrogen) atoms. The molecule has 1 aromatic heterocycles. The zero-order valence-electron chi connectivity index (χ0n) is 13.0. The van der Waals surface area contributed by atoms with E-state index in [0.717, 1.165) is 5.69 Å². The van der Waals surface area contributed by atoms with Gasteiger partial charge in [0, 0.05) is 12.7 Å². The summed E-state index contributed by atoms with van der Waals surface area (Å²) < 4.78 is 1.41. The number of hydrogen-bond donors (Lipinski definition) is 0. The summed E-state index contributed by atoms with van der Waals surface area (Å²) >= 11 is 0. The molecule has 0 N–H and O–H groups in total. The second-order valence-electron chi connectivity index (χ2n) is 5.13. The first-order valence-electron chi connectivity index (χ1n) is 6.87. The van der Waals surface area contributed by atoms with Crippen LogP contribution in [0.1, 0.15) is 24.4 Å². The Balaban J connectivity index is 2.32. The number of anilines is 1. The van der Waals surface area contributed by atoms with Gasteiger partial charge in [0.25, 0.3) is 5.91 Å². The average molecular weight is 302 g/mol. The molecule has 2 aromatic rings. The molecule has 0 saturated carbocycles. The third-order valence-corrected chi connectivity index (χ3v) is 3.67. The summed E-state index contributed by atoms with van der Waals surface area (Å²) in [5.74, 6) is -0.188. The summed E-state index contributed by atoms with van der Waals surface area (Å²) in [7, 11) is 1.67. The second-order valence-corrected chi connectivity index (χ2v) is 5.13. The van der Waals surface area contributed by atoms with Crippen molar-refractivity contribution in [2.75, 3.05) is 11.9 Å². The van der Waals surface area contributed by atoms with Crippen molar-refractivity contribution in [1.29, 1.82) is 0 Å². The molecule has 116 valence electrons. The van der Waals surface area contributed by atoms with Crippen molar-refractivity contribution in [3.63, 3.8) is 0 Å². The number of nitrogens with zero attached hydrogens (tertiary/aromatic N) is 4. The van der Waals surface area contributed by atoms with Crippen LogP contribution in [-0.4, -0.2) is 27.7 Å². The summed E-state index contributed by atoms with van der Waals surface area (Å²) in [5, 5.41) is 15.2. The topological polar surface area (TPSA) is 81.3 Å². The fourth-order valence-electron chi connectivity index (χ4n) is 2.46. The smallest absolute Gasteiger partial charge is 0.312 e. The van der Waals surface area contributed by atoms with Gasteiger partial charge in [-0.3, -0.25) is 19.6 Å².